The summed E-state index contributed by atoms with van der Waals surface area (Å²) >= 11 is 0. The summed E-state index contributed by atoms with van der Waals surface area (Å²) in [5, 5.41) is 3.31. The first-order valence-corrected chi connectivity index (χ1v) is 9.36. The van der Waals surface area contributed by atoms with Crippen molar-refractivity contribution in [2.45, 2.75) is 46.1 Å². The fraction of sp³-hybridized carbons (Fsp3) is 0.409. The summed E-state index contributed by atoms with van der Waals surface area (Å²) in [6, 6.07) is 19.5. The van der Waals surface area contributed by atoms with Crippen LogP contribution in [0.15, 0.2) is 60.7 Å². The zero-order valence-electron chi connectivity index (χ0n) is 15.9. The van der Waals surface area contributed by atoms with Crippen LogP contribution in [0.1, 0.15) is 56.0 Å². The minimum atomic E-state index is -0.245. The highest BCUT2D eigenvalue weighted by atomic mass is 16.5. The Morgan fingerprint density at radius 1 is 0.920 bits per heavy atom. The third kappa shape index (κ3) is 6.35. The third-order valence-corrected chi connectivity index (χ3v) is 3.92. The van der Waals surface area contributed by atoms with Gasteiger partial charge in [-0.3, -0.25) is 0 Å². The second kappa shape index (κ2) is 12.3. The Hall–Kier alpha value is -2.13. The average molecular weight is 341 g/mol. The number of hydrogen-bond acceptors (Lipinski definition) is 3. The molecule has 0 amide bonds. The molecule has 0 spiro atoms. The van der Waals surface area contributed by atoms with Gasteiger partial charge in [0.15, 0.2) is 0 Å². The molecule has 0 aromatic heterocycles. The highest BCUT2D eigenvalue weighted by Gasteiger charge is 2.29. The predicted molar refractivity (Wildman–Crippen MR) is 105 cm³/mol. The lowest BCUT2D eigenvalue weighted by molar-refractivity contribution is 0.0182. The van der Waals surface area contributed by atoms with Crippen molar-refractivity contribution in [2.24, 2.45) is 0 Å². The molecular weight excluding hydrogens is 310 g/mol. The number of nitrogens with one attached hydrogen (secondary N) is 1. The van der Waals surface area contributed by atoms with Crippen LogP contribution in [-0.4, -0.2) is 25.2 Å². The molecule has 0 aliphatic carbocycles. The Morgan fingerprint density at radius 3 is 2.08 bits per heavy atom. The van der Waals surface area contributed by atoms with Crippen molar-refractivity contribution in [3.05, 3.63) is 71.8 Å². The van der Waals surface area contributed by atoms with Crippen molar-refractivity contribution in [1.82, 2.24) is 5.32 Å². The largest absolute Gasteiger partial charge is 0.457 e. The van der Waals surface area contributed by atoms with Crippen LogP contribution in [0.3, 0.4) is 0 Å². The molecule has 1 aliphatic rings. The molecule has 0 saturated carbocycles. The summed E-state index contributed by atoms with van der Waals surface area (Å²) < 4.78 is 5.74. The molecular formula is C22H31NO2. The van der Waals surface area contributed by atoms with Gasteiger partial charge in [-0.2, -0.15) is 0 Å². The van der Waals surface area contributed by atoms with Gasteiger partial charge >= 0.3 is 5.97 Å². The van der Waals surface area contributed by atoms with E-state index in [1.807, 2.05) is 64.1 Å². The van der Waals surface area contributed by atoms with Crippen LogP contribution in [0.25, 0.3) is 0 Å². The summed E-state index contributed by atoms with van der Waals surface area (Å²) in [5.74, 6) is 0.0188. The van der Waals surface area contributed by atoms with E-state index in [0.717, 1.165) is 13.0 Å². The van der Waals surface area contributed by atoms with Gasteiger partial charge in [-0.15, -0.1) is 0 Å². The van der Waals surface area contributed by atoms with Gasteiger partial charge in [0.25, 0.3) is 0 Å². The summed E-state index contributed by atoms with van der Waals surface area (Å²) in [6.07, 6.45) is 0.866. The summed E-state index contributed by atoms with van der Waals surface area (Å²) in [4.78, 5) is 12.2. The van der Waals surface area contributed by atoms with Crippen LogP contribution in [0.5, 0.6) is 0 Å². The topological polar surface area (TPSA) is 38.3 Å². The van der Waals surface area contributed by atoms with Gasteiger partial charge in [0.2, 0.25) is 0 Å². The molecule has 1 N–H and O–H groups in total. The molecule has 3 nitrogen and oxygen atoms in total. The average Bonchev–Trinajstić information content (AvgIpc) is 2.73. The highest BCUT2D eigenvalue weighted by Crippen LogP contribution is 2.28. The normalized spacial score (nSPS) is 18.7. The standard InChI is InChI=1S/C18H19NO2.2C2H6/c20-18(15-9-5-2-6-10-15)21-17-13-19-12-11-16(17)14-7-3-1-4-8-14;2*1-2/h1-10,16-17,19H,11-13H2;2*1-2H3. The maximum atomic E-state index is 12.2. The first-order chi connectivity index (χ1) is 12.3. The number of rotatable bonds is 3. The Labute approximate surface area is 152 Å². The van der Waals surface area contributed by atoms with Gasteiger partial charge in [-0.25, -0.2) is 4.79 Å². The van der Waals surface area contributed by atoms with E-state index in [4.69, 9.17) is 4.74 Å². The van der Waals surface area contributed by atoms with Crippen molar-refractivity contribution >= 4 is 5.97 Å². The van der Waals surface area contributed by atoms with Gasteiger partial charge in [0.05, 0.1) is 5.56 Å². The van der Waals surface area contributed by atoms with Crippen molar-refractivity contribution in [2.75, 3.05) is 13.1 Å². The quantitative estimate of drug-likeness (QED) is 0.795. The molecule has 1 aliphatic heterocycles. The van der Waals surface area contributed by atoms with Crippen LogP contribution in [0.4, 0.5) is 0 Å². The molecule has 1 saturated heterocycles. The van der Waals surface area contributed by atoms with Gasteiger partial charge in [-0.1, -0.05) is 76.2 Å². The molecule has 0 radical (unpaired) electrons. The molecule has 3 rings (SSSR count). The predicted octanol–water partition coefficient (Wildman–Crippen LogP) is 5.04. The minimum Gasteiger partial charge on any atom is -0.457 e. The maximum absolute atomic E-state index is 12.2. The van der Waals surface area contributed by atoms with Crippen molar-refractivity contribution < 1.29 is 9.53 Å². The van der Waals surface area contributed by atoms with E-state index in [9.17, 15) is 4.79 Å². The molecule has 0 bridgehead atoms. The molecule has 3 heteroatoms. The smallest absolute Gasteiger partial charge is 0.338 e. The van der Waals surface area contributed by atoms with Gasteiger partial charge < -0.3 is 10.1 Å². The second-order valence-corrected chi connectivity index (χ2v) is 5.32. The zero-order chi connectivity index (χ0) is 18.5. The number of piperidine rings is 1. The van der Waals surface area contributed by atoms with E-state index >= 15 is 0 Å². The number of benzene rings is 2. The first-order valence-electron chi connectivity index (χ1n) is 9.36. The van der Waals surface area contributed by atoms with E-state index in [1.165, 1.54) is 5.56 Å². The third-order valence-electron chi connectivity index (χ3n) is 3.92. The molecule has 2 atom stereocenters. The van der Waals surface area contributed by atoms with Gasteiger partial charge in [0, 0.05) is 12.5 Å². The molecule has 2 aromatic rings. The van der Waals surface area contributed by atoms with E-state index in [2.05, 4.69) is 17.4 Å². The number of carbonyl (C=O) groups is 1. The Morgan fingerprint density at radius 2 is 1.48 bits per heavy atom. The summed E-state index contributed by atoms with van der Waals surface area (Å²) in [5.41, 5.74) is 1.85. The van der Waals surface area contributed by atoms with Crippen LogP contribution < -0.4 is 5.32 Å². The van der Waals surface area contributed by atoms with Crippen molar-refractivity contribution in [3.8, 4) is 0 Å². The lowest BCUT2D eigenvalue weighted by Crippen LogP contribution is -2.42. The van der Waals surface area contributed by atoms with E-state index < -0.39 is 0 Å². The van der Waals surface area contributed by atoms with Crippen molar-refractivity contribution in [1.29, 1.82) is 0 Å². The van der Waals surface area contributed by atoms with Crippen LogP contribution in [0.2, 0.25) is 0 Å². The molecule has 2 unspecified atom stereocenters. The highest BCUT2D eigenvalue weighted by molar-refractivity contribution is 5.89. The lowest BCUT2D eigenvalue weighted by Gasteiger charge is -2.32. The maximum Gasteiger partial charge on any atom is 0.338 e. The number of hydrogen-bond donors (Lipinski definition) is 1. The van der Waals surface area contributed by atoms with Crippen molar-refractivity contribution in [3.63, 3.8) is 0 Å². The molecule has 25 heavy (non-hydrogen) atoms. The molecule has 1 heterocycles. The number of esters is 1. The zero-order valence-corrected chi connectivity index (χ0v) is 15.9. The molecule has 1 fully saturated rings. The number of ether oxygens (including phenoxy) is 1. The van der Waals surface area contributed by atoms with Crippen LogP contribution in [-0.2, 0) is 4.74 Å². The SMILES string of the molecule is CC.CC.O=C(OC1CNCCC1c1ccccc1)c1ccccc1. The fourth-order valence-corrected chi connectivity index (χ4v) is 2.82. The number of carbonyl (C=O) groups excluding carboxylic acids is 1. The van der Waals surface area contributed by atoms with E-state index in [1.54, 1.807) is 12.1 Å². The fourth-order valence-electron chi connectivity index (χ4n) is 2.82. The lowest BCUT2D eigenvalue weighted by atomic mass is 9.88. The Balaban J connectivity index is 0.000000730. The monoisotopic (exact) mass is 341 g/mol. The van der Waals surface area contributed by atoms with E-state index in [-0.39, 0.29) is 18.0 Å². The Kier molecular flexibility index (Phi) is 10.3. The van der Waals surface area contributed by atoms with Gasteiger partial charge in [-0.05, 0) is 30.7 Å². The molecule has 2 aromatic carbocycles. The summed E-state index contributed by atoms with van der Waals surface area (Å²) in [6.45, 7) is 9.66. The Bertz CT molecular complexity index is 583. The second-order valence-electron chi connectivity index (χ2n) is 5.32. The molecule has 136 valence electrons. The summed E-state index contributed by atoms with van der Waals surface area (Å²) in [7, 11) is 0. The van der Waals surface area contributed by atoms with E-state index in [0.29, 0.717) is 12.1 Å². The first kappa shape index (κ1) is 20.9. The van der Waals surface area contributed by atoms with Crippen LogP contribution in [0, 0.1) is 0 Å². The van der Waals surface area contributed by atoms with Gasteiger partial charge in [0.1, 0.15) is 6.10 Å². The minimum absolute atomic E-state index is 0.117. The van der Waals surface area contributed by atoms with Crippen LogP contribution >= 0.6 is 0 Å².